The minimum Gasteiger partial charge on any atom is -0.349 e. The standard InChI is InChI=1S/C13H22N4O2/c1-10-16-11(17-19-10)8-15-12(18)7-13(9-14)5-3-2-4-6-13/h2-9,14H2,1H3,(H,15,18). The van der Waals surface area contributed by atoms with Crippen LogP contribution in [0.2, 0.25) is 0 Å². The normalized spacial score (nSPS) is 18.2. The quantitative estimate of drug-likeness (QED) is 0.837. The predicted molar refractivity (Wildman–Crippen MR) is 70.1 cm³/mol. The molecule has 0 radical (unpaired) electrons. The van der Waals surface area contributed by atoms with Gasteiger partial charge in [-0.25, -0.2) is 0 Å². The van der Waals surface area contributed by atoms with E-state index in [0.717, 1.165) is 12.8 Å². The van der Waals surface area contributed by atoms with Crippen molar-refractivity contribution >= 4 is 5.91 Å². The van der Waals surface area contributed by atoms with E-state index in [9.17, 15) is 4.79 Å². The van der Waals surface area contributed by atoms with Crippen LogP contribution in [0.5, 0.6) is 0 Å². The van der Waals surface area contributed by atoms with Gasteiger partial charge in [-0.05, 0) is 24.8 Å². The lowest BCUT2D eigenvalue weighted by atomic mass is 9.71. The topological polar surface area (TPSA) is 94.0 Å². The van der Waals surface area contributed by atoms with Crippen molar-refractivity contribution in [3.63, 3.8) is 0 Å². The molecule has 0 unspecified atom stereocenters. The highest BCUT2D eigenvalue weighted by molar-refractivity contribution is 5.76. The van der Waals surface area contributed by atoms with Gasteiger partial charge in [-0.15, -0.1) is 0 Å². The molecule has 1 amide bonds. The van der Waals surface area contributed by atoms with Gasteiger partial charge in [0.25, 0.3) is 0 Å². The number of nitrogens with two attached hydrogens (primary N) is 1. The van der Waals surface area contributed by atoms with Gasteiger partial charge >= 0.3 is 0 Å². The van der Waals surface area contributed by atoms with Crippen LogP contribution in [-0.2, 0) is 11.3 Å². The number of hydrogen-bond donors (Lipinski definition) is 2. The molecule has 1 heterocycles. The van der Waals surface area contributed by atoms with Crippen LogP contribution in [0.1, 0.15) is 50.2 Å². The summed E-state index contributed by atoms with van der Waals surface area (Å²) in [6, 6.07) is 0. The van der Waals surface area contributed by atoms with Crippen LogP contribution in [-0.4, -0.2) is 22.6 Å². The van der Waals surface area contributed by atoms with Gasteiger partial charge < -0.3 is 15.6 Å². The number of hydrogen-bond acceptors (Lipinski definition) is 5. The van der Waals surface area contributed by atoms with E-state index in [0.29, 0.717) is 31.2 Å². The van der Waals surface area contributed by atoms with E-state index in [-0.39, 0.29) is 11.3 Å². The molecule has 0 aromatic carbocycles. The van der Waals surface area contributed by atoms with Crippen LogP contribution in [0.3, 0.4) is 0 Å². The fraction of sp³-hybridized carbons (Fsp3) is 0.769. The molecule has 0 bridgehead atoms. The summed E-state index contributed by atoms with van der Waals surface area (Å²) in [6.07, 6.45) is 6.21. The van der Waals surface area contributed by atoms with Gasteiger partial charge in [0.15, 0.2) is 5.82 Å². The smallest absolute Gasteiger partial charge is 0.223 e. The predicted octanol–water partition coefficient (Wildman–Crippen LogP) is 1.29. The number of carbonyl (C=O) groups excluding carboxylic acids is 1. The Morgan fingerprint density at radius 1 is 1.42 bits per heavy atom. The molecule has 19 heavy (non-hydrogen) atoms. The lowest BCUT2D eigenvalue weighted by Crippen LogP contribution is -2.38. The van der Waals surface area contributed by atoms with E-state index < -0.39 is 0 Å². The Labute approximate surface area is 113 Å². The van der Waals surface area contributed by atoms with E-state index in [1.165, 1.54) is 19.3 Å². The van der Waals surface area contributed by atoms with Crippen molar-refractivity contribution in [3.05, 3.63) is 11.7 Å². The van der Waals surface area contributed by atoms with Crippen molar-refractivity contribution in [2.24, 2.45) is 11.1 Å². The van der Waals surface area contributed by atoms with Gasteiger partial charge in [0, 0.05) is 13.3 Å². The van der Waals surface area contributed by atoms with Crippen LogP contribution in [0, 0.1) is 12.3 Å². The van der Waals surface area contributed by atoms with Crippen molar-refractivity contribution in [2.75, 3.05) is 6.54 Å². The average molecular weight is 266 g/mol. The fourth-order valence-electron chi connectivity index (χ4n) is 2.75. The van der Waals surface area contributed by atoms with Gasteiger partial charge in [-0.1, -0.05) is 24.4 Å². The summed E-state index contributed by atoms with van der Waals surface area (Å²) in [6.45, 7) is 2.63. The molecule has 3 N–H and O–H groups in total. The van der Waals surface area contributed by atoms with Crippen molar-refractivity contribution < 1.29 is 9.32 Å². The third-order valence-corrected chi connectivity index (χ3v) is 3.90. The second kappa shape index (κ2) is 6.14. The first-order valence-electron chi connectivity index (χ1n) is 6.89. The molecule has 2 rings (SSSR count). The average Bonchev–Trinajstić information content (AvgIpc) is 2.83. The molecule has 1 aromatic rings. The molecule has 1 aromatic heterocycles. The minimum absolute atomic E-state index is 0.00446. The zero-order chi connectivity index (χ0) is 13.7. The maximum absolute atomic E-state index is 12.0. The van der Waals surface area contributed by atoms with E-state index in [4.69, 9.17) is 10.3 Å². The Hall–Kier alpha value is -1.43. The maximum Gasteiger partial charge on any atom is 0.223 e. The van der Waals surface area contributed by atoms with Crippen molar-refractivity contribution in [1.82, 2.24) is 15.5 Å². The summed E-state index contributed by atoms with van der Waals surface area (Å²) in [4.78, 5) is 16.1. The first-order chi connectivity index (χ1) is 9.13. The first kappa shape index (κ1) is 14.0. The summed E-state index contributed by atoms with van der Waals surface area (Å²) in [7, 11) is 0. The van der Waals surface area contributed by atoms with Crippen molar-refractivity contribution in [1.29, 1.82) is 0 Å². The van der Waals surface area contributed by atoms with E-state index in [2.05, 4.69) is 15.5 Å². The van der Waals surface area contributed by atoms with E-state index in [1.54, 1.807) is 6.92 Å². The van der Waals surface area contributed by atoms with E-state index >= 15 is 0 Å². The van der Waals surface area contributed by atoms with Gasteiger partial charge in [0.2, 0.25) is 11.8 Å². The second-order valence-corrected chi connectivity index (χ2v) is 5.45. The van der Waals surface area contributed by atoms with Crippen LogP contribution >= 0.6 is 0 Å². The van der Waals surface area contributed by atoms with Crippen molar-refractivity contribution in [2.45, 2.75) is 52.0 Å². The van der Waals surface area contributed by atoms with Gasteiger partial charge in [-0.2, -0.15) is 4.98 Å². The molecule has 1 aliphatic carbocycles. The molecule has 6 nitrogen and oxygen atoms in total. The number of aryl methyl sites for hydroxylation is 1. The maximum atomic E-state index is 12.0. The lowest BCUT2D eigenvalue weighted by molar-refractivity contribution is -0.124. The number of carbonyl (C=O) groups is 1. The van der Waals surface area contributed by atoms with Crippen LogP contribution in [0.4, 0.5) is 0 Å². The summed E-state index contributed by atoms with van der Waals surface area (Å²) in [5.41, 5.74) is 5.87. The molecular weight excluding hydrogens is 244 g/mol. The van der Waals surface area contributed by atoms with Gasteiger partial charge in [0.05, 0.1) is 6.54 Å². The van der Waals surface area contributed by atoms with Crippen LogP contribution < -0.4 is 11.1 Å². The zero-order valence-corrected chi connectivity index (χ0v) is 11.4. The molecule has 106 valence electrons. The molecule has 0 saturated heterocycles. The molecular formula is C13H22N4O2. The first-order valence-corrected chi connectivity index (χ1v) is 6.89. The number of rotatable bonds is 5. The van der Waals surface area contributed by atoms with Gasteiger partial charge in [-0.3, -0.25) is 4.79 Å². The Morgan fingerprint density at radius 3 is 2.74 bits per heavy atom. The fourth-order valence-corrected chi connectivity index (χ4v) is 2.75. The molecule has 0 atom stereocenters. The van der Waals surface area contributed by atoms with Crippen LogP contribution in [0.15, 0.2) is 4.52 Å². The Bertz CT molecular complexity index is 424. The second-order valence-electron chi connectivity index (χ2n) is 5.45. The number of amides is 1. The summed E-state index contributed by atoms with van der Waals surface area (Å²) >= 11 is 0. The third kappa shape index (κ3) is 3.76. The SMILES string of the molecule is Cc1nc(CNC(=O)CC2(CN)CCCCC2)no1. The minimum atomic E-state index is -0.00446. The van der Waals surface area contributed by atoms with Crippen LogP contribution in [0.25, 0.3) is 0 Å². The summed E-state index contributed by atoms with van der Waals surface area (Å²) in [5, 5.41) is 6.59. The Morgan fingerprint density at radius 2 is 2.16 bits per heavy atom. The number of nitrogens with one attached hydrogen (secondary N) is 1. The zero-order valence-electron chi connectivity index (χ0n) is 11.4. The molecule has 1 saturated carbocycles. The highest BCUT2D eigenvalue weighted by Gasteiger charge is 2.32. The molecule has 0 aliphatic heterocycles. The van der Waals surface area contributed by atoms with Gasteiger partial charge in [0.1, 0.15) is 0 Å². The highest BCUT2D eigenvalue weighted by atomic mass is 16.5. The molecule has 1 aliphatic rings. The molecule has 6 heteroatoms. The lowest BCUT2D eigenvalue weighted by Gasteiger charge is -2.35. The third-order valence-electron chi connectivity index (χ3n) is 3.90. The Kier molecular flexibility index (Phi) is 4.52. The number of aromatic nitrogens is 2. The summed E-state index contributed by atoms with van der Waals surface area (Å²) < 4.78 is 4.86. The largest absolute Gasteiger partial charge is 0.349 e. The summed E-state index contributed by atoms with van der Waals surface area (Å²) in [5.74, 6) is 1.04. The highest BCUT2D eigenvalue weighted by Crippen LogP contribution is 2.38. The molecule has 1 fully saturated rings. The van der Waals surface area contributed by atoms with Crippen molar-refractivity contribution in [3.8, 4) is 0 Å². The molecule has 0 spiro atoms. The monoisotopic (exact) mass is 266 g/mol. The Balaban J connectivity index is 1.82. The number of nitrogens with zero attached hydrogens (tertiary/aromatic N) is 2. The van der Waals surface area contributed by atoms with E-state index in [1.807, 2.05) is 0 Å².